The van der Waals surface area contributed by atoms with E-state index in [-0.39, 0.29) is 56.7 Å². The molecule has 0 fully saturated rings. The van der Waals surface area contributed by atoms with Gasteiger partial charge in [0.15, 0.2) is 0 Å². The van der Waals surface area contributed by atoms with Crippen molar-refractivity contribution in [2.75, 3.05) is 84.0 Å². The molecule has 0 saturated carbocycles. The highest BCUT2D eigenvalue weighted by Gasteiger charge is 2.06. The second-order valence-electron chi connectivity index (χ2n) is 6.69. The van der Waals surface area contributed by atoms with Gasteiger partial charge >= 0.3 is 11.9 Å². The topological polar surface area (TPSA) is 199 Å². The molecule has 0 atom stereocenters. The van der Waals surface area contributed by atoms with Gasteiger partial charge in [-0.15, -0.1) is 0 Å². The van der Waals surface area contributed by atoms with Crippen molar-refractivity contribution < 1.29 is 53.1 Å². The van der Waals surface area contributed by atoms with Crippen molar-refractivity contribution in [2.45, 2.75) is 12.8 Å². The molecule has 0 rings (SSSR count). The minimum absolute atomic E-state index is 0.0170. The van der Waals surface area contributed by atoms with E-state index >= 15 is 0 Å². The molecular weight excluding hydrogens is 490 g/mol. The molecule has 0 spiro atoms. The summed E-state index contributed by atoms with van der Waals surface area (Å²) in [6.45, 7) is 2.24. The lowest BCUT2D eigenvalue weighted by molar-refractivity contribution is -0.138. The van der Waals surface area contributed by atoms with Gasteiger partial charge in [-0.05, 0) is 0 Å². The number of aliphatic carboxylic acids is 2. The Kier molecular flexibility index (Phi) is 21.7. The van der Waals surface area contributed by atoms with Crippen LogP contribution in [0.4, 0.5) is 0 Å². The summed E-state index contributed by atoms with van der Waals surface area (Å²) in [5.74, 6) is -2.67. The summed E-state index contributed by atoms with van der Waals surface area (Å²) in [5.41, 5.74) is 0. The van der Waals surface area contributed by atoms with Crippen molar-refractivity contribution in [3.05, 3.63) is 0 Å². The molecule has 0 radical (unpaired) electrons. The van der Waals surface area contributed by atoms with Gasteiger partial charge in [-0.1, -0.05) is 0 Å². The minimum Gasteiger partial charge on any atom is -0.481 e. The Morgan fingerprint density at radius 2 is 1.11 bits per heavy atom. The summed E-state index contributed by atoms with van der Waals surface area (Å²) in [6, 6.07) is 0. The second kappa shape index (κ2) is 23.3. The fourth-order valence-electron chi connectivity index (χ4n) is 2.07. The van der Waals surface area contributed by atoms with E-state index in [1.54, 1.807) is 0 Å². The number of thioether (sulfide) groups is 1. The fraction of sp³-hybridized carbons (Fsp3) is 0.750. The fourth-order valence-corrected chi connectivity index (χ4v) is 2.82. The van der Waals surface area contributed by atoms with E-state index in [1.807, 2.05) is 0 Å². The van der Waals surface area contributed by atoms with Crippen molar-refractivity contribution in [1.29, 1.82) is 0 Å². The zero-order chi connectivity index (χ0) is 26.2. The van der Waals surface area contributed by atoms with Crippen LogP contribution in [-0.4, -0.2) is 124 Å². The molecule has 3 amide bonds. The van der Waals surface area contributed by atoms with E-state index < -0.39 is 24.4 Å². The summed E-state index contributed by atoms with van der Waals surface area (Å²) >= 11 is 1.19. The van der Waals surface area contributed by atoms with Crippen molar-refractivity contribution in [3.8, 4) is 0 Å². The molecule has 0 aliphatic carbocycles. The van der Waals surface area contributed by atoms with Crippen LogP contribution in [0.2, 0.25) is 0 Å². The first-order valence-corrected chi connectivity index (χ1v) is 12.1. The average molecular weight is 526 g/mol. The summed E-state index contributed by atoms with van der Waals surface area (Å²) in [5, 5.41) is 24.2. The molecule has 35 heavy (non-hydrogen) atoms. The Morgan fingerprint density at radius 3 is 1.69 bits per heavy atom. The summed E-state index contributed by atoms with van der Waals surface area (Å²) < 4.78 is 21.1. The van der Waals surface area contributed by atoms with Crippen LogP contribution in [0.1, 0.15) is 12.8 Å². The van der Waals surface area contributed by atoms with E-state index in [0.29, 0.717) is 45.4 Å². The van der Waals surface area contributed by atoms with E-state index in [1.165, 1.54) is 11.8 Å². The number of carbonyl (C=O) groups is 5. The Morgan fingerprint density at radius 1 is 0.571 bits per heavy atom. The maximum atomic E-state index is 11.6. The quantitative estimate of drug-likeness (QED) is 0.0877. The third-order valence-electron chi connectivity index (χ3n) is 3.73. The number of nitrogens with one attached hydrogen (secondary N) is 3. The van der Waals surface area contributed by atoms with Gasteiger partial charge in [-0.3, -0.25) is 24.0 Å². The highest BCUT2D eigenvalue weighted by atomic mass is 32.2. The first-order chi connectivity index (χ1) is 16.8. The van der Waals surface area contributed by atoms with Crippen LogP contribution in [0.25, 0.3) is 0 Å². The van der Waals surface area contributed by atoms with Crippen molar-refractivity contribution in [3.63, 3.8) is 0 Å². The molecule has 5 N–H and O–H groups in total. The summed E-state index contributed by atoms with van der Waals surface area (Å²) in [7, 11) is 0. The Bertz CT molecular complexity index is 637. The van der Waals surface area contributed by atoms with E-state index in [9.17, 15) is 24.0 Å². The maximum absolute atomic E-state index is 11.6. The number of carbonyl (C=O) groups excluding carboxylic acids is 3. The number of carboxylic acids is 2. The maximum Gasteiger partial charge on any atom is 0.322 e. The van der Waals surface area contributed by atoms with Crippen LogP contribution in [0, 0.1) is 0 Å². The number of rotatable bonds is 24. The molecule has 0 bridgehead atoms. The third-order valence-corrected chi connectivity index (χ3v) is 4.69. The van der Waals surface area contributed by atoms with Crippen molar-refractivity contribution in [2.24, 2.45) is 0 Å². The van der Waals surface area contributed by atoms with Gasteiger partial charge in [0.25, 0.3) is 0 Å². The van der Waals surface area contributed by atoms with Crippen LogP contribution in [0.3, 0.4) is 0 Å². The lowest BCUT2D eigenvalue weighted by Crippen LogP contribution is -2.38. The van der Waals surface area contributed by atoms with Gasteiger partial charge in [-0.25, -0.2) is 0 Å². The van der Waals surface area contributed by atoms with Crippen LogP contribution in [-0.2, 0) is 42.9 Å². The highest BCUT2D eigenvalue weighted by molar-refractivity contribution is 7.99. The third kappa shape index (κ3) is 26.0. The minimum atomic E-state index is -1.10. The van der Waals surface area contributed by atoms with Gasteiger partial charge < -0.3 is 45.1 Å². The van der Waals surface area contributed by atoms with Gasteiger partial charge in [0.2, 0.25) is 17.7 Å². The molecule has 15 heteroatoms. The van der Waals surface area contributed by atoms with Gasteiger partial charge in [-0.2, -0.15) is 11.8 Å². The van der Waals surface area contributed by atoms with E-state index in [4.69, 9.17) is 29.2 Å². The first kappa shape index (κ1) is 32.5. The molecule has 0 heterocycles. The molecule has 0 aromatic carbocycles. The number of hydrogen-bond donors (Lipinski definition) is 5. The number of amides is 3. The number of hydrogen-bond acceptors (Lipinski definition) is 10. The smallest absolute Gasteiger partial charge is 0.322 e. The predicted molar refractivity (Wildman–Crippen MR) is 124 cm³/mol. The van der Waals surface area contributed by atoms with Gasteiger partial charge in [0.05, 0.1) is 71.6 Å². The Balaban J connectivity index is 3.31. The van der Waals surface area contributed by atoms with Crippen LogP contribution in [0.15, 0.2) is 0 Å². The number of ether oxygens (including phenoxy) is 4. The van der Waals surface area contributed by atoms with E-state index in [2.05, 4.69) is 16.0 Å². The lowest BCUT2D eigenvalue weighted by Gasteiger charge is -2.09. The molecule has 202 valence electrons. The van der Waals surface area contributed by atoms with Crippen molar-refractivity contribution >= 4 is 41.4 Å². The molecule has 0 saturated heterocycles. The SMILES string of the molecule is O=C(O)CCSCC(=O)NCC(=O)NCCOCCOCCOCCOCCC(=O)NCC(=O)O. The zero-order valence-electron chi connectivity index (χ0n) is 19.6. The molecule has 14 nitrogen and oxygen atoms in total. The summed E-state index contributed by atoms with van der Waals surface area (Å²) in [6.07, 6.45) is 0.0598. The predicted octanol–water partition coefficient (Wildman–Crippen LogP) is -1.92. The van der Waals surface area contributed by atoms with Crippen molar-refractivity contribution in [1.82, 2.24) is 16.0 Å². The van der Waals surface area contributed by atoms with E-state index in [0.717, 1.165) is 0 Å². The first-order valence-electron chi connectivity index (χ1n) is 10.9. The van der Waals surface area contributed by atoms with Gasteiger partial charge in [0.1, 0.15) is 6.54 Å². The molecule has 0 aromatic rings. The average Bonchev–Trinajstić information content (AvgIpc) is 2.81. The normalized spacial score (nSPS) is 10.5. The monoisotopic (exact) mass is 525 g/mol. The molecular formula is C20H35N3O11S. The largest absolute Gasteiger partial charge is 0.481 e. The van der Waals surface area contributed by atoms with Crippen LogP contribution in [0.5, 0.6) is 0 Å². The Labute approximate surface area is 207 Å². The van der Waals surface area contributed by atoms with Crippen LogP contribution >= 0.6 is 11.8 Å². The molecule has 0 aliphatic heterocycles. The lowest BCUT2D eigenvalue weighted by atomic mass is 10.4. The number of carboxylic acid groups (broad SMARTS) is 2. The summed E-state index contributed by atoms with van der Waals surface area (Å²) in [4.78, 5) is 55.0. The molecule has 0 aromatic heterocycles. The molecule has 0 aliphatic rings. The molecule has 0 unspecified atom stereocenters. The zero-order valence-corrected chi connectivity index (χ0v) is 20.4. The Hall–Kier alpha value is -2.46. The highest BCUT2D eigenvalue weighted by Crippen LogP contribution is 2.01. The second-order valence-corrected chi connectivity index (χ2v) is 7.80. The standard InChI is InChI=1S/C20H35N3O11S/c24-16(23-14-20(29)30)1-4-31-6-8-33-10-11-34-9-7-32-5-3-21-17(25)13-22-18(26)15-35-12-2-19(27)28/h1-15H2,(H,21,25)(H,22,26)(H,23,24)(H,27,28)(H,29,30). The van der Waals surface area contributed by atoms with Gasteiger partial charge in [0, 0.05) is 18.7 Å². The van der Waals surface area contributed by atoms with Crippen LogP contribution < -0.4 is 16.0 Å².